The first-order valence-corrected chi connectivity index (χ1v) is 12.2. The molecule has 0 spiro atoms. The molecule has 3 unspecified atom stereocenters. The molecule has 5 nitrogen and oxygen atoms in total. The van der Waals surface area contributed by atoms with Crippen LogP contribution in [0.15, 0.2) is 78.9 Å². The van der Waals surface area contributed by atoms with Gasteiger partial charge in [0, 0.05) is 6.42 Å². The number of hydrogen-bond acceptors (Lipinski definition) is 3. The third-order valence-electron chi connectivity index (χ3n) is 6.41. The normalized spacial score (nSPS) is 13.9. The number of carbonyl (C=O) groups is 2. The van der Waals surface area contributed by atoms with E-state index in [1.165, 1.54) is 0 Å². The zero-order chi connectivity index (χ0) is 25.5. The van der Waals surface area contributed by atoms with Gasteiger partial charge in [-0.15, -0.1) is 0 Å². The van der Waals surface area contributed by atoms with Crippen LogP contribution in [0.2, 0.25) is 0 Å². The van der Waals surface area contributed by atoms with Crippen molar-refractivity contribution in [2.75, 3.05) is 0 Å². The average molecular weight is 473 g/mol. The predicted octanol–water partition coefficient (Wildman–Crippen LogP) is 5.48. The maximum absolute atomic E-state index is 13.6. The van der Waals surface area contributed by atoms with Crippen LogP contribution in [0.3, 0.4) is 0 Å². The molecule has 0 aliphatic rings. The van der Waals surface area contributed by atoms with Crippen LogP contribution in [0.4, 0.5) is 0 Å². The van der Waals surface area contributed by atoms with Gasteiger partial charge in [0.25, 0.3) is 0 Å². The summed E-state index contributed by atoms with van der Waals surface area (Å²) in [5, 5.41) is 14.3. The van der Waals surface area contributed by atoms with Crippen LogP contribution in [0.25, 0.3) is 0 Å². The molecule has 0 radical (unpaired) electrons. The van der Waals surface area contributed by atoms with Crippen LogP contribution in [0.1, 0.15) is 91.8 Å². The zero-order valence-electron chi connectivity index (χ0n) is 20.9. The minimum Gasteiger partial charge on any atom is -0.388 e. The Kier molecular flexibility index (Phi) is 8.83. The minimum atomic E-state index is -1.12. The molecule has 0 bridgehead atoms. The molecule has 0 fully saturated rings. The van der Waals surface area contributed by atoms with Gasteiger partial charge in [0.2, 0.25) is 11.8 Å². The van der Waals surface area contributed by atoms with Crippen molar-refractivity contribution in [3.05, 3.63) is 107 Å². The molecule has 0 heterocycles. The molecular weight excluding hydrogens is 436 g/mol. The molecule has 0 aliphatic heterocycles. The van der Waals surface area contributed by atoms with E-state index in [-0.39, 0.29) is 18.3 Å². The maximum atomic E-state index is 13.6. The van der Waals surface area contributed by atoms with Gasteiger partial charge >= 0.3 is 0 Å². The Morgan fingerprint density at radius 3 is 1.71 bits per heavy atom. The van der Waals surface area contributed by atoms with E-state index in [1.807, 2.05) is 42.5 Å². The van der Waals surface area contributed by atoms with E-state index in [9.17, 15) is 14.7 Å². The van der Waals surface area contributed by atoms with Crippen LogP contribution in [-0.4, -0.2) is 16.9 Å². The molecule has 35 heavy (non-hydrogen) atoms. The molecule has 0 saturated heterocycles. The lowest BCUT2D eigenvalue weighted by molar-refractivity contribution is -0.130. The van der Waals surface area contributed by atoms with Crippen molar-refractivity contribution in [3.8, 4) is 0 Å². The maximum Gasteiger partial charge on any atom is 0.237 e. The van der Waals surface area contributed by atoms with E-state index in [2.05, 4.69) is 45.1 Å². The summed E-state index contributed by atoms with van der Waals surface area (Å²) in [5.74, 6) is -1.89. The summed E-state index contributed by atoms with van der Waals surface area (Å²) in [6, 6.07) is 23.9. The van der Waals surface area contributed by atoms with Crippen molar-refractivity contribution >= 4 is 11.8 Å². The molecule has 3 rings (SSSR count). The number of rotatable bonds is 10. The summed E-state index contributed by atoms with van der Waals surface area (Å²) in [4.78, 5) is 25.9. The van der Waals surface area contributed by atoms with Crippen LogP contribution < -0.4 is 11.1 Å². The van der Waals surface area contributed by atoms with E-state index in [4.69, 9.17) is 5.73 Å². The Balaban J connectivity index is 2.07. The fourth-order valence-corrected chi connectivity index (χ4v) is 4.64. The van der Waals surface area contributed by atoms with Crippen molar-refractivity contribution in [1.29, 1.82) is 0 Å². The van der Waals surface area contributed by atoms with Gasteiger partial charge in [-0.05, 0) is 39.7 Å². The van der Waals surface area contributed by atoms with Gasteiger partial charge in [0.05, 0.1) is 12.1 Å². The lowest BCUT2D eigenvalue weighted by Gasteiger charge is -2.30. The third kappa shape index (κ3) is 6.37. The summed E-state index contributed by atoms with van der Waals surface area (Å²) >= 11 is 0. The predicted molar refractivity (Wildman–Crippen MR) is 140 cm³/mol. The quantitative estimate of drug-likeness (QED) is 0.341. The van der Waals surface area contributed by atoms with E-state index in [1.54, 1.807) is 24.3 Å². The second kappa shape index (κ2) is 11.8. The monoisotopic (exact) mass is 472 g/mol. The lowest BCUT2D eigenvalue weighted by atomic mass is 9.82. The summed E-state index contributed by atoms with van der Waals surface area (Å²) < 4.78 is 0. The highest BCUT2D eigenvalue weighted by Gasteiger charge is 2.32. The van der Waals surface area contributed by atoms with Crippen molar-refractivity contribution in [3.63, 3.8) is 0 Å². The highest BCUT2D eigenvalue weighted by molar-refractivity contribution is 6.05. The van der Waals surface area contributed by atoms with Crippen molar-refractivity contribution in [2.45, 2.75) is 64.0 Å². The summed E-state index contributed by atoms with van der Waals surface area (Å²) in [6.07, 6.45) is -0.537. The van der Waals surface area contributed by atoms with Crippen LogP contribution in [-0.2, 0) is 9.59 Å². The number of carbonyl (C=O) groups excluding carboxylic acids is 2. The highest BCUT2D eigenvalue weighted by Crippen LogP contribution is 2.37. The molecular formula is C30H36N2O3. The number of nitrogens with one attached hydrogen (secondary N) is 1. The SMILES string of the molecule is CC(C)c1cccc(C(C)C)c1C(CC(O)c1ccccc1)NC(=O)C(C(N)=O)c1ccccc1. The van der Waals surface area contributed by atoms with Gasteiger partial charge in [0.1, 0.15) is 5.92 Å². The van der Waals surface area contributed by atoms with Gasteiger partial charge in [-0.25, -0.2) is 0 Å². The Labute approximate surface area is 208 Å². The van der Waals surface area contributed by atoms with Crippen LogP contribution in [0, 0.1) is 0 Å². The summed E-state index contributed by atoms with van der Waals surface area (Å²) in [7, 11) is 0. The van der Waals surface area contributed by atoms with Crippen LogP contribution >= 0.6 is 0 Å². The van der Waals surface area contributed by atoms with Gasteiger partial charge in [-0.3, -0.25) is 9.59 Å². The molecule has 4 N–H and O–H groups in total. The Morgan fingerprint density at radius 2 is 1.26 bits per heavy atom. The van der Waals surface area contributed by atoms with E-state index >= 15 is 0 Å². The molecule has 2 amide bonds. The molecule has 0 saturated carbocycles. The highest BCUT2D eigenvalue weighted by atomic mass is 16.3. The van der Waals surface area contributed by atoms with Crippen molar-refractivity contribution in [2.24, 2.45) is 5.73 Å². The van der Waals surface area contributed by atoms with Gasteiger partial charge in [0.15, 0.2) is 0 Å². The van der Waals surface area contributed by atoms with Gasteiger partial charge in [-0.2, -0.15) is 0 Å². The summed E-state index contributed by atoms with van der Waals surface area (Å²) in [5.41, 5.74) is 10.2. The smallest absolute Gasteiger partial charge is 0.237 e. The van der Waals surface area contributed by atoms with E-state index < -0.39 is 29.9 Å². The van der Waals surface area contributed by atoms with Crippen molar-refractivity contribution in [1.82, 2.24) is 5.32 Å². The number of nitrogens with two attached hydrogens (primary N) is 1. The number of hydrogen-bond donors (Lipinski definition) is 3. The van der Waals surface area contributed by atoms with Gasteiger partial charge in [-0.1, -0.05) is 107 Å². The lowest BCUT2D eigenvalue weighted by Crippen LogP contribution is -2.40. The standard InChI is InChI=1S/C30H36N2O3/c1-19(2)23-16-11-17-24(20(3)4)28(23)25(18-26(33)21-12-7-5-8-13-21)32-30(35)27(29(31)34)22-14-9-6-10-15-22/h5-17,19-20,25-27,33H,18H2,1-4H3,(H2,31,34)(H,32,35). The molecule has 0 aliphatic carbocycles. The number of benzene rings is 3. The second-order valence-electron chi connectivity index (χ2n) is 9.63. The Morgan fingerprint density at radius 1 is 0.771 bits per heavy atom. The second-order valence-corrected chi connectivity index (χ2v) is 9.63. The molecule has 184 valence electrons. The first-order chi connectivity index (χ1) is 16.7. The average Bonchev–Trinajstić information content (AvgIpc) is 2.84. The first-order valence-electron chi connectivity index (χ1n) is 12.2. The fourth-order valence-electron chi connectivity index (χ4n) is 4.64. The van der Waals surface area contributed by atoms with Crippen molar-refractivity contribution < 1.29 is 14.7 Å². The molecule has 5 heteroatoms. The Bertz CT molecular complexity index is 1100. The molecule has 0 aromatic heterocycles. The summed E-state index contributed by atoms with van der Waals surface area (Å²) in [6.45, 7) is 8.47. The van der Waals surface area contributed by atoms with Gasteiger partial charge < -0.3 is 16.2 Å². The number of primary amides is 1. The number of aliphatic hydroxyl groups excluding tert-OH is 1. The van der Waals surface area contributed by atoms with E-state index in [0.29, 0.717) is 5.56 Å². The molecule has 3 atom stereocenters. The number of aliphatic hydroxyl groups is 1. The van der Waals surface area contributed by atoms with Crippen LogP contribution in [0.5, 0.6) is 0 Å². The third-order valence-corrected chi connectivity index (χ3v) is 6.41. The van der Waals surface area contributed by atoms with E-state index in [0.717, 1.165) is 22.3 Å². The minimum absolute atomic E-state index is 0.207. The zero-order valence-corrected chi connectivity index (χ0v) is 20.9. The first kappa shape index (κ1) is 26.2. The fraction of sp³-hybridized carbons (Fsp3) is 0.333. The Hall–Kier alpha value is -3.44. The largest absolute Gasteiger partial charge is 0.388 e. The number of amides is 2. The topological polar surface area (TPSA) is 92.4 Å². The molecule has 3 aromatic rings. The molecule has 3 aromatic carbocycles.